The standard InChI is InChI=1S/C35H52N6O4Si/c1-25(2)46(26(3)4,27(5)6)21-12-28-22-33(43)38-34-30(28)24-36-35(39-34)37-29-10-11-31(32(23-29)45-19-9-8-18-42)41-15-13-40(14-16-41)17-20-44-7/h10-11,22-27,42H,8-9,13-20H2,1-7H3,(H2,36,37,38,39,43). The lowest BCUT2D eigenvalue weighted by Crippen LogP contribution is -2.47. The van der Waals surface area contributed by atoms with Crippen LogP contribution in [0.1, 0.15) is 59.9 Å². The fraction of sp³-hybridized carbons (Fsp3) is 0.571. The summed E-state index contributed by atoms with van der Waals surface area (Å²) in [4.78, 5) is 29.6. The van der Waals surface area contributed by atoms with Crippen molar-refractivity contribution in [2.24, 2.45) is 0 Å². The first-order chi connectivity index (χ1) is 22.1. The summed E-state index contributed by atoms with van der Waals surface area (Å²) in [6.45, 7) is 19.7. The summed E-state index contributed by atoms with van der Waals surface area (Å²) in [5.74, 6) is 4.55. The number of aliphatic hydroxyl groups is 1. The van der Waals surface area contributed by atoms with E-state index >= 15 is 0 Å². The molecule has 3 aromatic rings. The molecule has 0 atom stereocenters. The van der Waals surface area contributed by atoms with Crippen LogP contribution in [0.15, 0.2) is 35.3 Å². The van der Waals surface area contributed by atoms with E-state index in [2.05, 4.69) is 89.1 Å². The van der Waals surface area contributed by atoms with Crippen LogP contribution in [0.5, 0.6) is 5.75 Å². The van der Waals surface area contributed by atoms with Crippen LogP contribution in [0.3, 0.4) is 0 Å². The quantitative estimate of drug-likeness (QED) is 0.118. The highest BCUT2D eigenvalue weighted by atomic mass is 28.3. The summed E-state index contributed by atoms with van der Waals surface area (Å²) >= 11 is 0. The van der Waals surface area contributed by atoms with Crippen LogP contribution in [0, 0.1) is 11.5 Å². The molecule has 3 heterocycles. The van der Waals surface area contributed by atoms with Gasteiger partial charge in [-0.25, -0.2) is 4.98 Å². The second-order valence-electron chi connectivity index (χ2n) is 13.1. The molecule has 46 heavy (non-hydrogen) atoms. The summed E-state index contributed by atoms with van der Waals surface area (Å²) in [6, 6.07) is 7.60. The summed E-state index contributed by atoms with van der Waals surface area (Å²) in [5.41, 5.74) is 7.87. The van der Waals surface area contributed by atoms with E-state index < -0.39 is 8.07 Å². The fourth-order valence-electron chi connectivity index (χ4n) is 6.73. The van der Waals surface area contributed by atoms with Crippen molar-refractivity contribution in [3.8, 4) is 17.2 Å². The Morgan fingerprint density at radius 3 is 2.39 bits per heavy atom. The number of hydrogen-bond acceptors (Lipinski definition) is 9. The first-order valence-corrected chi connectivity index (χ1v) is 18.9. The van der Waals surface area contributed by atoms with Crippen molar-refractivity contribution in [3.05, 3.63) is 46.4 Å². The third-order valence-electron chi connectivity index (χ3n) is 9.23. The van der Waals surface area contributed by atoms with Crippen LogP contribution in [-0.2, 0) is 4.74 Å². The number of hydrogen-bond donors (Lipinski definition) is 3. The van der Waals surface area contributed by atoms with Crippen molar-refractivity contribution in [2.45, 2.75) is 71.0 Å². The van der Waals surface area contributed by atoms with Gasteiger partial charge in [-0.15, -0.1) is 5.54 Å². The Kier molecular flexibility index (Phi) is 12.6. The monoisotopic (exact) mass is 648 g/mol. The molecule has 0 spiro atoms. The van der Waals surface area contributed by atoms with Gasteiger partial charge in [0.05, 0.1) is 24.3 Å². The number of piperazine rings is 1. The molecule has 1 aliphatic heterocycles. The fourth-order valence-corrected chi connectivity index (χ4v) is 12.0. The minimum absolute atomic E-state index is 0.145. The number of rotatable bonds is 14. The zero-order valence-corrected chi connectivity index (χ0v) is 29.7. The number of methoxy groups -OCH3 is 1. The molecule has 2 aromatic heterocycles. The number of H-pyrrole nitrogens is 1. The molecule has 0 saturated carbocycles. The maximum absolute atomic E-state index is 12.7. The molecule has 0 aliphatic carbocycles. The van der Waals surface area contributed by atoms with Gasteiger partial charge in [0.1, 0.15) is 19.5 Å². The summed E-state index contributed by atoms with van der Waals surface area (Å²) in [7, 11) is -0.249. The molecular formula is C35H52N6O4Si. The minimum Gasteiger partial charge on any atom is -0.491 e. The van der Waals surface area contributed by atoms with Crippen molar-refractivity contribution in [2.75, 3.05) is 69.9 Å². The zero-order chi connectivity index (χ0) is 33.3. The molecule has 3 N–H and O–H groups in total. The van der Waals surface area contributed by atoms with Crippen molar-refractivity contribution in [1.82, 2.24) is 19.9 Å². The first kappa shape index (κ1) is 35.4. The molecule has 1 saturated heterocycles. The normalized spacial score (nSPS) is 14.3. The van der Waals surface area contributed by atoms with E-state index in [1.54, 1.807) is 19.4 Å². The number of aromatic amines is 1. The van der Waals surface area contributed by atoms with Gasteiger partial charge in [-0.3, -0.25) is 9.69 Å². The van der Waals surface area contributed by atoms with Gasteiger partial charge in [0.15, 0.2) is 0 Å². The zero-order valence-electron chi connectivity index (χ0n) is 28.7. The van der Waals surface area contributed by atoms with E-state index in [-0.39, 0.29) is 12.2 Å². The topological polar surface area (TPSA) is 116 Å². The van der Waals surface area contributed by atoms with Gasteiger partial charge in [0.25, 0.3) is 5.56 Å². The molecule has 1 aromatic carbocycles. The number of fused-ring (bicyclic) bond motifs is 1. The Morgan fingerprint density at radius 1 is 1.02 bits per heavy atom. The van der Waals surface area contributed by atoms with Crippen molar-refractivity contribution < 1.29 is 14.6 Å². The van der Waals surface area contributed by atoms with Crippen LogP contribution in [0.25, 0.3) is 11.0 Å². The second-order valence-corrected chi connectivity index (χ2v) is 18.6. The van der Waals surface area contributed by atoms with Crippen LogP contribution >= 0.6 is 0 Å². The number of nitrogens with zero attached hydrogens (tertiary/aromatic N) is 4. The number of ether oxygens (including phenoxy) is 2. The predicted octanol–water partition coefficient (Wildman–Crippen LogP) is 5.55. The number of aliphatic hydroxyl groups excluding tert-OH is 1. The molecule has 0 radical (unpaired) electrons. The number of unbranched alkanes of at least 4 members (excludes halogenated alkanes) is 1. The molecule has 0 unspecified atom stereocenters. The third-order valence-corrected chi connectivity index (χ3v) is 15.5. The molecule has 1 aliphatic rings. The highest BCUT2D eigenvalue weighted by Gasteiger charge is 2.41. The molecule has 250 valence electrons. The third kappa shape index (κ3) is 8.47. The van der Waals surface area contributed by atoms with E-state index in [4.69, 9.17) is 9.47 Å². The Balaban J connectivity index is 1.60. The van der Waals surface area contributed by atoms with E-state index in [9.17, 15) is 9.90 Å². The van der Waals surface area contributed by atoms with Gasteiger partial charge >= 0.3 is 0 Å². The van der Waals surface area contributed by atoms with Gasteiger partial charge in [0, 0.05) is 76.0 Å². The van der Waals surface area contributed by atoms with Crippen LogP contribution < -0.4 is 20.5 Å². The first-order valence-electron chi connectivity index (χ1n) is 16.6. The second kappa shape index (κ2) is 16.4. The summed E-state index contributed by atoms with van der Waals surface area (Å²) < 4.78 is 11.5. The largest absolute Gasteiger partial charge is 0.491 e. The SMILES string of the molecule is COCCN1CCN(c2ccc(Nc3ncc4c(C#C[Si](C(C)C)(C(C)C)C(C)C)cc(=O)[nH]c4n3)cc2OCCCCO)CC1. The van der Waals surface area contributed by atoms with Gasteiger partial charge in [-0.1, -0.05) is 47.5 Å². The number of pyridine rings is 1. The van der Waals surface area contributed by atoms with Gasteiger partial charge in [-0.05, 0) is 41.6 Å². The van der Waals surface area contributed by atoms with Crippen molar-refractivity contribution in [1.29, 1.82) is 0 Å². The Morgan fingerprint density at radius 2 is 1.74 bits per heavy atom. The van der Waals surface area contributed by atoms with Gasteiger partial charge < -0.3 is 29.8 Å². The van der Waals surface area contributed by atoms with Crippen molar-refractivity contribution in [3.63, 3.8) is 0 Å². The summed E-state index contributed by atoms with van der Waals surface area (Å²) in [6.07, 6.45) is 3.19. The number of benzene rings is 1. The van der Waals surface area contributed by atoms with E-state index in [1.807, 2.05) is 12.1 Å². The molecular weight excluding hydrogens is 597 g/mol. The van der Waals surface area contributed by atoms with Crippen LogP contribution in [0.2, 0.25) is 16.6 Å². The van der Waals surface area contributed by atoms with Crippen LogP contribution in [0.4, 0.5) is 17.3 Å². The Hall–Kier alpha value is -3.43. The highest BCUT2D eigenvalue weighted by molar-refractivity contribution is 6.90. The maximum atomic E-state index is 12.7. The van der Waals surface area contributed by atoms with Gasteiger partial charge in [0.2, 0.25) is 5.95 Å². The van der Waals surface area contributed by atoms with E-state index in [0.29, 0.717) is 46.8 Å². The van der Waals surface area contributed by atoms with E-state index in [1.165, 1.54) is 0 Å². The molecule has 11 heteroatoms. The highest BCUT2D eigenvalue weighted by Crippen LogP contribution is 2.41. The van der Waals surface area contributed by atoms with Crippen molar-refractivity contribution >= 4 is 36.4 Å². The average molecular weight is 649 g/mol. The number of anilines is 3. The Labute approximate surface area is 274 Å². The number of aromatic nitrogens is 3. The maximum Gasteiger partial charge on any atom is 0.250 e. The van der Waals surface area contributed by atoms with Crippen LogP contribution in [-0.4, -0.2) is 92.7 Å². The molecule has 4 rings (SSSR count). The predicted molar refractivity (Wildman–Crippen MR) is 190 cm³/mol. The van der Waals surface area contributed by atoms with E-state index in [0.717, 1.165) is 68.3 Å². The lowest BCUT2D eigenvalue weighted by molar-refractivity contribution is 0.144. The average Bonchev–Trinajstić information content (AvgIpc) is 3.02. The molecule has 0 bridgehead atoms. The number of nitrogens with one attached hydrogen (secondary N) is 2. The molecule has 0 amide bonds. The minimum atomic E-state index is -1.99. The summed E-state index contributed by atoms with van der Waals surface area (Å²) in [5, 5.41) is 13.3. The molecule has 10 nitrogen and oxygen atoms in total. The smallest absolute Gasteiger partial charge is 0.250 e. The molecule has 1 fully saturated rings. The Bertz CT molecular complexity index is 1530. The van der Waals surface area contributed by atoms with Gasteiger partial charge in [-0.2, -0.15) is 4.98 Å². The lowest BCUT2D eigenvalue weighted by Gasteiger charge is -2.38. The lowest BCUT2D eigenvalue weighted by atomic mass is 10.2.